The lowest BCUT2D eigenvalue weighted by molar-refractivity contribution is -0.384. The van der Waals surface area contributed by atoms with Crippen LogP contribution in [0, 0.1) is 21.4 Å². The number of nitriles is 1. The number of nitro groups is 1. The zero-order valence-corrected chi connectivity index (χ0v) is 11.9. The third kappa shape index (κ3) is 3.12. The van der Waals surface area contributed by atoms with Crippen molar-refractivity contribution in [2.45, 2.75) is 25.0 Å². The van der Waals surface area contributed by atoms with Crippen LogP contribution in [0.3, 0.4) is 0 Å². The minimum Gasteiger partial charge on any atom is -0.381 e. The van der Waals surface area contributed by atoms with E-state index in [1.54, 1.807) is 13.2 Å². The van der Waals surface area contributed by atoms with Crippen molar-refractivity contribution in [2.75, 3.05) is 25.1 Å². The summed E-state index contributed by atoms with van der Waals surface area (Å²) in [6.07, 6.45) is 1.79. The van der Waals surface area contributed by atoms with Crippen LogP contribution in [0.4, 0.5) is 11.4 Å². The van der Waals surface area contributed by atoms with Gasteiger partial charge in [-0.25, -0.2) is 0 Å². The number of rotatable bonds is 4. The summed E-state index contributed by atoms with van der Waals surface area (Å²) in [5.74, 6) is 0. The average molecular weight is 290 g/mol. The monoisotopic (exact) mass is 290 g/mol. The number of benzene rings is 1. The van der Waals surface area contributed by atoms with Crippen molar-refractivity contribution < 1.29 is 9.66 Å². The lowest BCUT2D eigenvalue weighted by Gasteiger charge is -2.40. The van der Waals surface area contributed by atoms with E-state index in [1.165, 1.54) is 12.1 Å². The number of hydrogen-bond donors (Lipinski definition) is 1. The van der Waals surface area contributed by atoms with E-state index in [0.717, 1.165) is 12.8 Å². The molecule has 1 aromatic rings. The number of nitrogens with zero attached hydrogens (tertiary/aromatic N) is 3. The fourth-order valence-corrected chi connectivity index (χ4v) is 2.75. The van der Waals surface area contributed by atoms with Crippen molar-refractivity contribution in [3.8, 4) is 6.07 Å². The highest BCUT2D eigenvalue weighted by atomic mass is 16.6. The van der Waals surface area contributed by atoms with E-state index in [9.17, 15) is 15.4 Å². The molecule has 21 heavy (non-hydrogen) atoms. The van der Waals surface area contributed by atoms with Crippen molar-refractivity contribution >= 4 is 11.4 Å². The van der Waals surface area contributed by atoms with Crippen LogP contribution in [0.2, 0.25) is 0 Å². The molecule has 2 atom stereocenters. The van der Waals surface area contributed by atoms with Gasteiger partial charge >= 0.3 is 0 Å². The molecule has 1 saturated heterocycles. The highest BCUT2D eigenvalue weighted by molar-refractivity contribution is 5.63. The number of non-ortho nitro benzene ring substituents is 1. The number of methoxy groups -OCH3 is 1. The molecule has 0 spiro atoms. The van der Waals surface area contributed by atoms with Gasteiger partial charge in [0.25, 0.3) is 5.69 Å². The molecule has 1 heterocycles. The molecule has 0 amide bonds. The molecule has 2 rings (SSSR count). The van der Waals surface area contributed by atoms with Crippen molar-refractivity contribution in [3.63, 3.8) is 0 Å². The molecule has 1 aliphatic rings. The third-order valence-electron chi connectivity index (χ3n) is 3.89. The highest BCUT2D eigenvalue weighted by Crippen LogP contribution is 2.30. The summed E-state index contributed by atoms with van der Waals surface area (Å²) in [6, 6.07) is 6.47. The van der Waals surface area contributed by atoms with Gasteiger partial charge in [0.05, 0.1) is 22.3 Å². The van der Waals surface area contributed by atoms with Crippen LogP contribution in [0.5, 0.6) is 0 Å². The Hall–Kier alpha value is -2.17. The minimum atomic E-state index is -0.498. The van der Waals surface area contributed by atoms with Gasteiger partial charge < -0.3 is 15.4 Å². The molecule has 7 heteroatoms. The number of piperidine rings is 1. The van der Waals surface area contributed by atoms with Gasteiger partial charge in [-0.15, -0.1) is 0 Å². The molecule has 0 aromatic heterocycles. The number of nitro benzene ring substituents is 1. The number of anilines is 1. The van der Waals surface area contributed by atoms with Crippen LogP contribution < -0.4 is 10.6 Å². The Labute approximate surface area is 123 Å². The Bertz CT molecular complexity index is 570. The fourth-order valence-electron chi connectivity index (χ4n) is 2.75. The summed E-state index contributed by atoms with van der Waals surface area (Å²) < 4.78 is 5.38. The van der Waals surface area contributed by atoms with Crippen molar-refractivity contribution in [1.82, 2.24) is 0 Å². The van der Waals surface area contributed by atoms with Gasteiger partial charge in [-0.05, 0) is 18.9 Å². The summed E-state index contributed by atoms with van der Waals surface area (Å²) in [5.41, 5.74) is 6.76. The van der Waals surface area contributed by atoms with E-state index in [-0.39, 0.29) is 17.8 Å². The Morgan fingerprint density at radius 3 is 2.95 bits per heavy atom. The lowest BCUT2D eigenvalue weighted by atomic mass is 9.97. The summed E-state index contributed by atoms with van der Waals surface area (Å²) in [5, 5.41) is 20.1. The van der Waals surface area contributed by atoms with Crippen LogP contribution in [0.1, 0.15) is 18.4 Å². The summed E-state index contributed by atoms with van der Waals surface area (Å²) in [4.78, 5) is 12.4. The quantitative estimate of drug-likeness (QED) is 0.664. The highest BCUT2D eigenvalue weighted by Gasteiger charge is 2.29. The molecule has 1 fully saturated rings. The molecule has 1 aromatic carbocycles. The maximum Gasteiger partial charge on any atom is 0.270 e. The minimum absolute atomic E-state index is 0.0669. The second-order valence-corrected chi connectivity index (χ2v) is 5.04. The first-order valence-electron chi connectivity index (χ1n) is 6.78. The summed E-state index contributed by atoms with van der Waals surface area (Å²) in [6.45, 7) is 1.16. The van der Waals surface area contributed by atoms with Crippen LogP contribution in [0.15, 0.2) is 18.2 Å². The Morgan fingerprint density at radius 1 is 1.62 bits per heavy atom. The number of nitrogens with two attached hydrogens (primary N) is 1. The van der Waals surface area contributed by atoms with Gasteiger partial charge in [0.1, 0.15) is 6.07 Å². The van der Waals surface area contributed by atoms with E-state index in [1.807, 2.05) is 6.07 Å². The zero-order chi connectivity index (χ0) is 15.4. The summed E-state index contributed by atoms with van der Waals surface area (Å²) in [7, 11) is 1.68. The van der Waals surface area contributed by atoms with Gasteiger partial charge in [-0.3, -0.25) is 10.1 Å². The van der Waals surface area contributed by atoms with Gasteiger partial charge in [0, 0.05) is 38.4 Å². The van der Waals surface area contributed by atoms with Crippen LogP contribution >= 0.6 is 0 Å². The Balaban J connectivity index is 2.32. The van der Waals surface area contributed by atoms with Crippen LogP contribution in [0.25, 0.3) is 0 Å². The number of hydrogen-bond acceptors (Lipinski definition) is 6. The Morgan fingerprint density at radius 2 is 2.38 bits per heavy atom. The lowest BCUT2D eigenvalue weighted by Crippen LogP contribution is -2.49. The van der Waals surface area contributed by atoms with E-state index in [4.69, 9.17) is 10.5 Å². The molecule has 1 aliphatic heterocycles. The van der Waals surface area contributed by atoms with Crippen LogP contribution in [-0.2, 0) is 4.74 Å². The first-order valence-corrected chi connectivity index (χ1v) is 6.78. The van der Waals surface area contributed by atoms with E-state index in [2.05, 4.69) is 4.90 Å². The van der Waals surface area contributed by atoms with Crippen molar-refractivity contribution in [2.24, 2.45) is 5.73 Å². The van der Waals surface area contributed by atoms with E-state index >= 15 is 0 Å². The molecule has 0 bridgehead atoms. The van der Waals surface area contributed by atoms with E-state index < -0.39 is 4.92 Å². The molecule has 0 saturated carbocycles. The molecule has 112 valence electrons. The SMILES string of the molecule is COC1CCN(c2ccc([N+](=O)[O-])cc2C#N)C(CN)C1. The van der Waals surface area contributed by atoms with Crippen molar-refractivity contribution in [1.29, 1.82) is 5.26 Å². The predicted octanol–water partition coefficient (Wildman–Crippen LogP) is 1.41. The first-order chi connectivity index (χ1) is 10.1. The molecular weight excluding hydrogens is 272 g/mol. The Kier molecular flexibility index (Phi) is 4.73. The fraction of sp³-hybridized carbons (Fsp3) is 0.500. The van der Waals surface area contributed by atoms with Gasteiger partial charge in [0.2, 0.25) is 0 Å². The standard InChI is InChI=1S/C14H18N4O3/c1-21-13-4-5-17(12(7-13)9-16)14-3-2-11(18(19)20)6-10(14)8-15/h2-3,6,12-13H,4-5,7,9,16H2,1H3. The maximum atomic E-state index is 10.8. The largest absolute Gasteiger partial charge is 0.381 e. The second kappa shape index (κ2) is 6.52. The molecular formula is C14H18N4O3. The normalized spacial score (nSPS) is 21.9. The van der Waals surface area contributed by atoms with E-state index in [0.29, 0.717) is 24.3 Å². The van der Waals surface area contributed by atoms with Crippen molar-refractivity contribution in [3.05, 3.63) is 33.9 Å². The molecule has 7 nitrogen and oxygen atoms in total. The molecule has 2 unspecified atom stereocenters. The average Bonchev–Trinajstić information content (AvgIpc) is 2.53. The zero-order valence-electron chi connectivity index (χ0n) is 11.9. The molecule has 0 radical (unpaired) electrons. The first kappa shape index (κ1) is 15.2. The summed E-state index contributed by atoms with van der Waals surface area (Å²) >= 11 is 0. The van der Waals surface area contributed by atoms with Gasteiger partial charge in [-0.2, -0.15) is 5.26 Å². The predicted molar refractivity (Wildman–Crippen MR) is 78.0 cm³/mol. The third-order valence-corrected chi connectivity index (χ3v) is 3.89. The van der Waals surface area contributed by atoms with Gasteiger partial charge in [-0.1, -0.05) is 0 Å². The molecule has 2 N–H and O–H groups in total. The molecule has 0 aliphatic carbocycles. The smallest absolute Gasteiger partial charge is 0.270 e. The second-order valence-electron chi connectivity index (χ2n) is 5.04. The maximum absolute atomic E-state index is 10.8. The van der Waals surface area contributed by atoms with Crippen LogP contribution in [-0.4, -0.2) is 37.3 Å². The number of ether oxygens (including phenoxy) is 1. The topological polar surface area (TPSA) is 105 Å². The van der Waals surface area contributed by atoms with Gasteiger partial charge in [0.15, 0.2) is 0 Å².